The Hall–Kier alpha value is -1.49. The van der Waals surface area contributed by atoms with Gasteiger partial charge in [0.25, 0.3) is 0 Å². The van der Waals surface area contributed by atoms with E-state index in [1.807, 2.05) is 12.3 Å². The normalized spacial score (nSPS) is 10.2. The van der Waals surface area contributed by atoms with E-state index in [-0.39, 0.29) is 5.91 Å². The summed E-state index contributed by atoms with van der Waals surface area (Å²) in [7, 11) is 1.76. The maximum Gasteiger partial charge on any atom is 0.335 e. The van der Waals surface area contributed by atoms with Crippen LogP contribution in [-0.4, -0.2) is 47.5 Å². The van der Waals surface area contributed by atoms with Gasteiger partial charge in [0.1, 0.15) is 0 Å². The van der Waals surface area contributed by atoms with E-state index in [4.69, 9.17) is 5.11 Å². The number of carboxylic acid groups (broad SMARTS) is 1. The Morgan fingerprint density at radius 2 is 2.00 bits per heavy atom. The molecule has 1 N–H and O–H groups in total. The molecule has 1 aromatic rings. The first-order chi connectivity index (χ1) is 9.06. The van der Waals surface area contributed by atoms with Crippen molar-refractivity contribution in [3.63, 3.8) is 0 Å². The SMILES string of the molecule is CSCCC(=O)N(C)CCc1ccccc1C(=O)O. The summed E-state index contributed by atoms with van der Waals surface area (Å²) in [6.07, 6.45) is 3.05. The van der Waals surface area contributed by atoms with Gasteiger partial charge in [-0.15, -0.1) is 0 Å². The van der Waals surface area contributed by atoms with Gasteiger partial charge in [0, 0.05) is 25.8 Å². The third-order valence-electron chi connectivity index (χ3n) is 2.91. The summed E-state index contributed by atoms with van der Waals surface area (Å²) in [4.78, 5) is 24.5. The van der Waals surface area contributed by atoms with Gasteiger partial charge in [0.15, 0.2) is 0 Å². The average Bonchev–Trinajstić information content (AvgIpc) is 2.42. The molecule has 0 fully saturated rings. The molecule has 0 aliphatic heterocycles. The van der Waals surface area contributed by atoms with E-state index >= 15 is 0 Å². The van der Waals surface area contributed by atoms with Gasteiger partial charge in [-0.3, -0.25) is 4.79 Å². The van der Waals surface area contributed by atoms with Crippen LogP contribution < -0.4 is 0 Å². The molecule has 0 unspecified atom stereocenters. The zero-order chi connectivity index (χ0) is 14.3. The highest BCUT2D eigenvalue weighted by Crippen LogP contribution is 2.10. The number of thioether (sulfide) groups is 1. The standard InChI is InChI=1S/C14H19NO3S/c1-15(13(16)8-10-19-2)9-7-11-5-3-4-6-12(11)14(17)18/h3-6H,7-10H2,1-2H3,(H,17,18). The number of benzene rings is 1. The first kappa shape index (κ1) is 15.6. The average molecular weight is 281 g/mol. The third kappa shape index (κ3) is 4.95. The van der Waals surface area contributed by atoms with Gasteiger partial charge in [0.2, 0.25) is 5.91 Å². The van der Waals surface area contributed by atoms with Crippen LogP contribution in [0.15, 0.2) is 24.3 Å². The van der Waals surface area contributed by atoms with Crippen molar-refractivity contribution in [2.24, 2.45) is 0 Å². The van der Waals surface area contributed by atoms with Crippen LogP contribution in [0.4, 0.5) is 0 Å². The molecule has 0 atom stereocenters. The van der Waals surface area contributed by atoms with Crippen molar-refractivity contribution < 1.29 is 14.7 Å². The fraction of sp³-hybridized carbons (Fsp3) is 0.429. The second-order valence-electron chi connectivity index (χ2n) is 4.27. The Morgan fingerprint density at radius 3 is 2.63 bits per heavy atom. The number of hydrogen-bond acceptors (Lipinski definition) is 3. The highest BCUT2D eigenvalue weighted by molar-refractivity contribution is 7.98. The molecule has 0 radical (unpaired) electrons. The predicted octanol–water partition coefficient (Wildman–Crippen LogP) is 2.14. The van der Waals surface area contributed by atoms with Crippen LogP contribution in [0.25, 0.3) is 0 Å². The minimum atomic E-state index is -0.924. The van der Waals surface area contributed by atoms with E-state index < -0.39 is 5.97 Å². The molecule has 1 aromatic carbocycles. The first-order valence-electron chi connectivity index (χ1n) is 6.10. The van der Waals surface area contributed by atoms with Gasteiger partial charge >= 0.3 is 5.97 Å². The number of rotatable bonds is 7. The van der Waals surface area contributed by atoms with Crippen molar-refractivity contribution in [3.05, 3.63) is 35.4 Å². The van der Waals surface area contributed by atoms with Crippen molar-refractivity contribution in [2.75, 3.05) is 25.6 Å². The molecular weight excluding hydrogens is 262 g/mol. The van der Waals surface area contributed by atoms with Gasteiger partial charge in [-0.05, 0) is 24.3 Å². The van der Waals surface area contributed by atoms with Gasteiger partial charge in [0.05, 0.1) is 5.56 Å². The van der Waals surface area contributed by atoms with Gasteiger partial charge in [-0.25, -0.2) is 4.79 Å². The molecule has 0 aromatic heterocycles. The lowest BCUT2D eigenvalue weighted by Gasteiger charge is -2.17. The van der Waals surface area contributed by atoms with Crippen molar-refractivity contribution >= 4 is 23.6 Å². The first-order valence-corrected chi connectivity index (χ1v) is 7.49. The Bertz CT molecular complexity index is 448. The number of likely N-dealkylation sites (N-methyl/N-ethyl adjacent to an activating group) is 1. The quantitative estimate of drug-likeness (QED) is 0.832. The van der Waals surface area contributed by atoms with E-state index in [9.17, 15) is 9.59 Å². The van der Waals surface area contributed by atoms with Crippen LogP contribution in [-0.2, 0) is 11.2 Å². The minimum Gasteiger partial charge on any atom is -0.478 e. The predicted molar refractivity (Wildman–Crippen MR) is 77.7 cm³/mol. The van der Waals surface area contributed by atoms with E-state index in [0.717, 1.165) is 11.3 Å². The summed E-state index contributed by atoms with van der Waals surface area (Å²) in [5.41, 5.74) is 1.08. The largest absolute Gasteiger partial charge is 0.478 e. The molecule has 1 amide bonds. The van der Waals surface area contributed by atoms with Crippen LogP contribution >= 0.6 is 11.8 Å². The highest BCUT2D eigenvalue weighted by Gasteiger charge is 2.12. The number of carbonyl (C=O) groups excluding carboxylic acids is 1. The van der Waals surface area contributed by atoms with Crippen molar-refractivity contribution in [1.82, 2.24) is 4.90 Å². The zero-order valence-corrected chi connectivity index (χ0v) is 12.1. The minimum absolute atomic E-state index is 0.0992. The molecule has 0 bridgehead atoms. The Labute approximate surface area is 117 Å². The third-order valence-corrected chi connectivity index (χ3v) is 3.52. The van der Waals surface area contributed by atoms with Gasteiger partial charge in [-0.2, -0.15) is 11.8 Å². The lowest BCUT2D eigenvalue weighted by Crippen LogP contribution is -2.29. The maximum atomic E-state index is 11.7. The number of aromatic carboxylic acids is 1. The Morgan fingerprint density at radius 1 is 1.32 bits per heavy atom. The number of nitrogens with zero attached hydrogens (tertiary/aromatic N) is 1. The number of carboxylic acids is 1. The van der Waals surface area contributed by atoms with Gasteiger partial charge < -0.3 is 10.0 Å². The summed E-state index contributed by atoms with van der Waals surface area (Å²) in [6.45, 7) is 0.539. The highest BCUT2D eigenvalue weighted by atomic mass is 32.2. The molecule has 1 rings (SSSR count). The number of hydrogen-bond donors (Lipinski definition) is 1. The number of amides is 1. The van der Waals surface area contributed by atoms with E-state index in [1.165, 1.54) is 0 Å². The van der Waals surface area contributed by atoms with Crippen LogP contribution in [0.5, 0.6) is 0 Å². The summed E-state index contributed by atoms with van der Waals surface area (Å²) in [5, 5.41) is 9.07. The molecule has 104 valence electrons. The van der Waals surface area contributed by atoms with Crippen LogP contribution in [0.2, 0.25) is 0 Å². The molecule has 0 spiro atoms. The fourth-order valence-electron chi connectivity index (χ4n) is 1.74. The molecule has 4 nitrogen and oxygen atoms in total. The maximum absolute atomic E-state index is 11.7. The van der Waals surface area contributed by atoms with Crippen LogP contribution in [0.1, 0.15) is 22.3 Å². The molecule has 5 heteroatoms. The lowest BCUT2D eigenvalue weighted by atomic mass is 10.0. The smallest absolute Gasteiger partial charge is 0.335 e. The summed E-state index contributed by atoms with van der Waals surface area (Å²) < 4.78 is 0. The van der Waals surface area contributed by atoms with Crippen LogP contribution in [0, 0.1) is 0 Å². The molecule has 0 aliphatic rings. The lowest BCUT2D eigenvalue weighted by molar-refractivity contribution is -0.129. The molecule has 0 saturated carbocycles. The zero-order valence-electron chi connectivity index (χ0n) is 11.3. The summed E-state index contributed by atoms with van der Waals surface area (Å²) in [5.74, 6) is -0.0105. The molecule has 0 aliphatic carbocycles. The van der Waals surface area contributed by atoms with E-state index in [2.05, 4.69) is 0 Å². The van der Waals surface area contributed by atoms with Crippen molar-refractivity contribution in [1.29, 1.82) is 0 Å². The molecule has 0 saturated heterocycles. The van der Waals surface area contributed by atoms with Gasteiger partial charge in [-0.1, -0.05) is 18.2 Å². The van der Waals surface area contributed by atoms with E-state index in [0.29, 0.717) is 24.9 Å². The monoisotopic (exact) mass is 281 g/mol. The second-order valence-corrected chi connectivity index (χ2v) is 5.26. The molecular formula is C14H19NO3S. The Balaban J connectivity index is 2.57. The summed E-state index contributed by atoms with van der Waals surface area (Å²) >= 11 is 1.64. The molecule has 0 heterocycles. The topological polar surface area (TPSA) is 57.6 Å². The van der Waals surface area contributed by atoms with Crippen LogP contribution in [0.3, 0.4) is 0 Å². The number of carbonyl (C=O) groups is 2. The van der Waals surface area contributed by atoms with Crippen molar-refractivity contribution in [3.8, 4) is 0 Å². The van der Waals surface area contributed by atoms with E-state index in [1.54, 1.807) is 41.9 Å². The second kappa shape index (κ2) is 7.84. The van der Waals surface area contributed by atoms with Crippen molar-refractivity contribution in [2.45, 2.75) is 12.8 Å². The Kier molecular flexibility index (Phi) is 6.42. The molecule has 19 heavy (non-hydrogen) atoms. The fourth-order valence-corrected chi connectivity index (χ4v) is 2.12. The summed E-state index contributed by atoms with van der Waals surface area (Å²) in [6, 6.07) is 6.91.